The van der Waals surface area contributed by atoms with Crippen LogP contribution in [0.15, 0.2) is 30.3 Å². The first-order valence-corrected chi connectivity index (χ1v) is 6.22. The summed E-state index contributed by atoms with van der Waals surface area (Å²) in [6, 6.07) is 11.3. The third-order valence-electron chi connectivity index (χ3n) is 3.19. The van der Waals surface area contributed by atoms with E-state index in [1.165, 1.54) is 12.0 Å². The molecular weight excluding hydrogens is 196 g/mol. The fourth-order valence-corrected chi connectivity index (χ4v) is 2.06. The molecule has 1 rings (SSSR count). The highest BCUT2D eigenvalue weighted by Gasteiger charge is 2.10. The molecule has 1 aromatic carbocycles. The molecule has 2 nitrogen and oxygen atoms in total. The second kappa shape index (κ2) is 7.42. The van der Waals surface area contributed by atoms with E-state index in [4.69, 9.17) is 5.73 Å². The van der Waals surface area contributed by atoms with E-state index in [-0.39, 0.29) is 0 Å². The van der Waals surface area contributed by atoms with Crippen molar-refractivity contribution in [2.75, 3.05) is 20.1 Å². The van der Waals surface area contributed by atoms with Crippen LogP contribution in [0.3, 0.4) is 0 Å². The molecule has 0 fully saturated rings. The SMILES string of the molecule is CCC(CCN)N(C)CCc1ccccc1. The van der Waals surface area contributed by atoms with Crippen molar-refractivity contribution >= 4 is 0 Å². The van der Waals surface area contributed by atoms with Crippen LogP contribution >= 0.6 is 0 Å². The normalized spacial score (nSPS) is 13.0. The first kappa shape index (κ1) is 13.2. The van der Waals surface area contributed by atoms with Crippen LogP contribution in [0.1, 0.15) is 25.3 Å². The van der Waals surface area contributed by atoms with E-state index in [9.17, 15) is 0 Å². The van der Waals surface area contributed by atoms with Crippen molar-refractivity contribution in [2.24, 2.45) is 5.73 Å². The monoisotopic (exact) mass is 220 g/mol. The average Bonchev–Trinajstić information content (AvgIpc) is 2.34. The Labute approximate surface area is 99.5 Å². The van der Waals surface area contributed by atoms with Gasteiger partial charge in [0, 0.05) is 12.6 Å². The Balaban J connectivity index is 2.36. The molecule has 0 aliphatic heterocycles. The van der Waals surface area contributed by atoms with Crippen LogP contribution in [0.25, 0.3) is 0 Å². The van der Waals surface area contributed by atoms with Gasteiger partial charge in [0.15, 0.2) is 0 Å². The Morgan fingerprint density at radius 3 is 2.50 bits per heavy atom. The van der Waals surface area contributed by atoms with Crippen molar-refractivity contribution in [3.05, 3.63) is 35.9 Å². The molecule has 0 saturated heterocycles. The minimum Gasteiger partial charge on any atom is -0.330 e. The van der Waals surface area contributed by atoms with Gasteiger partial charge in [0.25, 0.3) is 0 Å². The fraction of sp³-hybridized carbons (Fsp3) is 0.571. The maximum atomic E-state index is 5.62. The first-order valence-electron chi connectivity index (χ1n) is 6.22. The van der Waals surface area contributed by atoms with E-state index in [1.807, 2.05) is 0 Å². The number of nitrogens with two attached hydrogens (primary N) is 1. The Morgan fingerprint density at radius 2 is 1.94 bits per heavy atom. The molecule has 2 N–H and O–H groups in total. The smallest absolute Gasteiger partial charge is 0.0102 e. The van der Waals surface area contributed by atoms with E-state index in [0.29, 0.717) is 6.04 Å². The van der Waals surface area contributed by atoms with Crippen LogP contribution in [0, 0.1) is 0 Å². The molecule has 0 bridgehead atoms. The zero-order chi connectivity index (χ0) is 11.8. The Bertz CT molecular complexity index is 271. The molecule has 0 aliphatic carbocycles. The molecule has 1 unspecified atom stereocenters. The molecule has 90 valence electrons. The lowest BCUT2D eigenvalue weighted by Gasteiger charge is -2.26. The van der Waals surface area contributed by atoms with Crippen LogP contribution in [-0.4, -0.2) is 31.1 Å². The van der Waals surface area contributed by atoms with Crippen LogP contribution in [0.4, 0.5) is 0 Å². The summed E-state index contributed by atoms with van der Waals surface area (Å²) in [7, 11) is 2.20. The zero-order valence-corrected chi connectivity index (χ0v) is 10.5. The largest absolute Gasteiger partial charge is 0.330 e. The van der Waals surface area contributed by atoms with E-state index < -0.39 is 0 Å². The van der Waals surface area contributed by atoms with Gasteiger partial charge < -0.3 is 10.6 Å². The van der Waals surface area contributed by atoms with Crippen LogP contribution in [0.2, 0.25) is 0 Å². The number of nitrogens with zero attached hydrogens (tertiary/aromatic N) is 1. The number of hydrogen-bond acceptors (Lipinski definition) is 2. The van der Waals surface area contributed by atoms with Crippen LogP contribution in [0.5, 0.6) is 0 Å². The summed E-state index contributed by atoms with van der Waals surface area (Å²) in [5, 5.41) is 0. The molecular formula is C14H24N2. The third kappa shape index (κ3) is 4.33. The predicted molar refractivity (Wildman–Crippen MR) is 70.5 cm³/mol. The maximum Gasteiger partial charge on any atom is 0.0102 e. The van der Waals surface area contributed by atoms with Gasteiger partial charge in [0.1, 0.15) is 0 Å². The molecule has 0 aromatic heterocycles. The van der Waals surface area contributed by atoms with Crippen molar-refractivity contribution in [1.29, 1.82) is 0 Å². The van der Waals surface area contributed by atoms with E-state index in [0.717, 1.165) is 25.9 Å². The highest BCUT2D eigenvalue weighted by Crippen LogP contribution is 2.07. The summed E-state index contributed by atoms with van der Waals surface area (Å²) < 4.78 is 0. The summed E-state index contributed by atoms with van der Waals surface area (Å²) in [6.45, 7) is 4.13. The highest BCUT2D eigenvalue weighted by atomic mass is 15.1. The van der Waals surface area contributed by atoms with Gasteiger partial charge in [0.05, 0.1) is 0 Å². The van der Waals surface area contributed by atoms with Crippen molar-refractivity contribution in [3.8, 4) is 0 Å². The molecule has 16 heavy (non-hydrogen) atoms. The van der Waals surface area contributed by atoms with Gasteiger partial charge in [-0.05, 0) is 38.4 Å². The Kier molecular flexibility index (Phi) is 6.12. The third-order valence-corrected chi connectivity index (χ3v) is 3.19. The molecule has 0 radical (unpaired) electrons. The Hall–Kier alpha value is -0.860. The van der Waals surface area contributed by atoms with E-state index >= 15 is 0 Å². The summed E-state index contributed by atoms with van der Waals surface area (Å²) in [5.74, 6) is 0. The second-order valence-corrected chi connectivity index (χ2v) is 4.36. The second-order valence-electron chi connectivity index (χ2n) is 4.36. The molecule has 0 spiro atoms. The molecule has 0 saturated carbocycles. The van der Waals surface area contributed by atoms with Gasteiger partial charge in [-0.15, -0.1) is 0 Å². The number of likely N-dealkylation sites (N-methyl/N-ethyl adjacent to an activating group) is 1. The minimum atomic E-state index is 0.633. The van der Waals surface area contributed by atoms with Gasteiger partial charge in [-0.25, -0.2) is 0 Å². The van der Waals surface area contributed by atoms with E-state index in [2.05, 4.69) is 49.2 Å². The van der Waals surface area contributed by atoms with Crippen molar-refractivity contribution in [3.63, 3.8) is 0 Å². The van der Waals surface area contributed by atoms with Crippen molar-refractivity contribution < 1.29 is 0 Å². The number of rotatable bonds is 7. The maximum absolute atomic E-state index is 5.62. The zero-order valence-electron chi connectivity index (χ0n) is 10.5. The van der Waals surface area contributed by atoms with Gasteiger partial charge in [-0.2, -0.15) is 0 Å². The summed E-state index contributed by atoms with van der Waals surface area (Å²) in [4.78, 5) is 2.43. The van der Waals surface area contributed by atoms with Crippen LogP contribution < -0.4 is 5.73 Å². The lowest BCUT2D eigenvalue weighted by Crippen LogP contribution is -2.34. The lowest BCUT2D eigenvalue weighted by atomic mass is 10.1. The van der Waals surface area contributed by atoms with Gasteiger partial charge >= 0.3 is 0 Å². The van der Waals surface area contributed by atoms with E-state index in [1.54, 1.807) is 0 Å². The predicted octanol–water partition coefficient (Wildman–Crippen LogP) is 2.29. The quantitative estimate of drug-likeness (QED) is 0.764. The fourth-order valence-electron chi connectivity index (χ4n) is 2.06. The lowest BCUT2D eigenvalue weighted by molar-refractivity contribution is 0.229. The minimum absolute atomic E-state index is 0.633. The molecule has 1 atom stereocenters. The molecule has 0 heterocycles. The summed E-state index contributed by atoms with van der Waals surface area (Å²) >= 11 is 0. The number of hydrogen-bond donors (Lipinski definition) is 1. The summed E-state index contributed by atoms with van der Waals surface area (Å²) in [6.07, 6.45) is 3.41. The highest BCUT2D eigenvalue weighted by molar-refractivity contribution is 5.14. The standard InChI is InChI=1S/C14H24N2/c1-3-14(9-11-15)16(2)12-10-13-7-5-4-6-8-13/h4-8,14H,3,9-12,15H2,1-2H3. The molecule has 0 aliphatic rings. The van der Waals surface area contributed by atoms with Gasteiger partial charge in [0.2, 0.25) is 0 Å². The number of benzene rings is 1. The molecule has 2 heteroatoms. The van der Waals surface area contributed by atoms with Crippen molar-refractivity contribution in [2.45, 2.75) is 32.2 Å². The molecule has 0 amide bonds. The average molecular weight is 220 g/mol. The van der Waals surface area contributed by atoms with Crippen molar-refractivity contribution in [1.82, 2.24) is 4.90 Å². The summed E-state index contributed by atoms with van der Waals surface area (Å²) in [5.41, 5.74) is 7.04. The van der Waals surface area contributed by atoms with Gasteiger partial charge in [-0.3, -0.25) is 0 Å². The molecule has 1 aromatic rings. The first-order chi connectivity index (χ1) is 7.77. The van der Waals surface area contributed by atoms with Crippen LogP contribution in [-0.2, 0) is 6.42 Å². The Morgan fingerprint density at radius 1 is 1.25 bits per heavy atom. The topological polar surface area (TPSA) is 29.3 Å². The van der Waals surface area contributed by atoms with Gasteiger partial charge in [-0.1, -0.05) is 37.3 Å².